The van der Waals surface area contributed by atoms with Gasteiger partial charge in [-0.25, -0.2) is 0 Å². The van der Waals surface area contributed by atoms with Gasteiger partial charge in [-0.05, 0) is 0 Å². The molecule has 5 aromatic rings. The van der Waals surface area contributed by atoms with Crippen molar-refractivity contribution in [3.63, 3.8) is 0 Å². The van der Waals surface area contributed by atoms with E-state index >= 15 is 0 Å². The normalized spacial score (nSPS) is 18.4. The van der Waals surface area contributed by atoms with Gasteiger partial charge in [0.2, 0.25) is 0 Å². The zero-order valence-electron chi connectivity index (χ0n) is 24.2. The summed E-state index contributed by atoms with van der Waals surface area (Å²) >= 11 is -3.75. The van der Waals surface area contributed by atoms with Crippen LogP contribution >= 0.6 is 0 Å². The number of allylic oxidation sites excluding steroid dienone is 2. The predicted octanol–water partition coefficient (Wildman–Crippen LogP) is 8.90. The zero-order chi connectivity index (χ0) is 28.1. The van der Waals surface area contributed by atoms with E-state index in [1.165, 1.54) is 27.8 Å². The van der Waals surface area contributed by atoms with Gasteiger partial charge in [-0.3, -0.25) is 0 Å². The van der Waals surface area contributed by atoms with Crippen LogP contribution in [0.2, 0.25) is 10.5 Å². The molecule has 0 amide bonds. The van der Waals surface area contributed by atoms with Gasteiger partial charge in [0.15, 0.2) is 0 Å². The molecule has 2 aliphatic carbocycles. The van der Waals surface area contributed by atoms with E-state index in [0.717, 1.165) is 0 Å². The third kappa shape index (κ3) is 4.14. The van der Waals surface area contributed by atoms with E-state index in [0.29, 0.717) is 8.45 Å². The van der Waals surface area contributed by atoms with Gasteiger partial charge in [0.05, 0.1) is 0 Å². The third-order valence-electron chi connectivity index (χ3n) is 10.2. The Labute approximate surface area is 246 Å². The van der Waals surface area contributed by atoms with Gasteiger partial charge in [0.25, 0.3) is 0 Å². The van der Waals surface area contributed by atoms with Gasteiger partial charge in [-0.15, -0.1) is 0 Å². The fraction of sp³-hybridized carbons (Fsp3) is 0.128. The summed E-state index contributed by atoms with van der Waals surface area (Å²) in [6.45, 7) is 0.671. The van der Waals surface area contributed by atoms with Crippen LogP contribution in [0.5, 0.6) is 0 Å². The molecule has 0 saturated heterocycles. The SMILES string of the molecule is CC1=Cc2ccccc2[CH]1[Ti]([CH3])([CH3])([CH]1C=Cc2c(-c3ccccc3)cccc21)[SiH](c1ccccc1)c1ccccc1. The predicted molar refractivity (Wildman–Crippen MR) is 178 cm³/mol. The van der Waals surface area contributed by atoms with Gasteiger partial charge < -0.3 is 0 Å². The summed E-state index contributed by atoms with van der Waals surface area (Å²) in [5.74, 6) is 0. The Morgan fingerprint density at radius 2 is 1.15 bits per heavy atom. The molecule has 0 radical (unpaired) electrons. The van der Waals surface area contributed by atoms with Crippen LogP contribution in [0, 0.1) is 0 Å². The average molecular weight is 582 g/mol. The van der Waals surface area contributed by atoms with E-state index in [1.54, 1.807) is 21.5 Å². The zero-order valence-corrected chi connectivity index (χ0v) is 26.9. The summed E-state index contributed by atoms with van der Waals surface area (Å²) in [6, 6.07) is 50.4. The first-order chi connectivity index (χ1) is 20.0. The number of hydrogen-bond donors (Lipinski definition) is 0. The Morgan fingerprint density at radius 1 is 0.585 bits per heavy atom. The monoisotopic (exact) mass is 581 g/mol. The van der Waals surface area contributed by atoms with Gasteiger partial charge >= 0.3 is 248 Å². The first-order valence-electron chi connectivity index (χ1n) is 14.9. The van der Waals surface area contributed by atoms with Gasteiger partial charge in [0.1, 0.15) is 0 Å². The number of rotatable bonds is 6. The van der Waals surface area contributed by atoms with E-state index in [1.807, 2.05) is 0 Å². The van der Waals surface area contributed by atoms with Gasteiger partial charge in [-0.1, -0.05) is 0 Å². The van der Waals surface area contributed by atoms with Crippen molar-refractivity contribution in [1.29, 1.82) is 0 Å². The number of fused-ring (bicyclic) bond motifs is 2. The standard InChI is InChI=1S/C15H11.C12H11Si.C10H9.2CH3.Ti/c1-2-6-12(7-3-1)14-10-4-8-13-9-5-11-15(13)14;1-3-7-11(8-4-1)13-12-9-5-2-6-10-12;1-8-6-9-4-2-3-5-10(9)7-8;;;/h1-11H;1-10,13H;2-7H,1H3;2*1H3;. The Kier molecular flexibility index (Phi) is 6.51. The van der Waals surface area contributed by atoms with Crippen LogP contribution in [-0.2, 0) is 14.6 Å². The Hall–Kier alpha value is -3.49. The van der Waals surface area contributed by atoms with Crippen molar-refractivity contribution in [2.45, 2.75) is 25.8 Å². The molecule has 2 aliphatic rings. The molecular weight excluding hydrogens is 544 g/mol. The molecule has 0 N–H and O–H groups in total. The summed E-state index contributed by atoms with van der Waals surface area (Å²) in [4.78, 5) is 0. The fourth-order valence-electron chi connectivity index (χ4n) is 8.75. The van der Waals surface area contributed by atoms with E-state index in [2.05, 4.69) is 169 Å². The summed E-state index contributed by atoms with van der Waals surface area (Å²) < 4.78 is 0.906. The maximum atomic E-state index is 2.83. The average Bonchev–Trinajstić information content (AvgIpc) is 3.61. The molecule has 0 aromatic heterocycles. The Bertz CT molecular complexity index is 1740. The van der Waals surface area contributed by atoms with Crippen LogP contribution in [0.15, 0.2) is 145 Å². The van der Waals surface area contributed by atoms with E-state index in [-0.39, 0.29) is 0 Å². The molecule has 201 valence electrons. The van der Waals surface area contributed by atoms with Crippen molar-refractivity contribution in [3.8, 4) is 11.1 Å². The van der Waals surface area contributed by atoms with Crippen molar-refractivity contribution >= 4 is 29.2 Å². The molecule has 5 aromatic carbocycles. The molecule has 2 unspecified atom stereocenters. The first-order valence-corrected chi connectivity index (χ1v) is 24.3. The van der Waals surface area contributed by atoms with Gasteiger partial charge in [0, 0.05) is 0 Å². The third-order valence-corrected chi connectivity index (χ3v) is 36.6. The van der Waals surface area contributed by atoms with Crippen molar-refractivity contribution in [2.75, 3.05) is 0 Å². The summed E-state index contributed by atoms with van der Waals surface area (Å²) in [5, 5.41) is 8.83. The molecule has 0 spiro atoms. The summed E-state index contributed by atoms with van der Waals surface area (Å²) in [5.41, 5.74) is 10.1. The molecule has 0 saturated carbocycles. The molecule has 2 heteroatoms. The molecule has 0 fully saturated rings. The minimum atomic E-state index is -3.75. The van der Waals surface area contributed by atoms with Crippen LogP contribution in [0.3, 0.4) is 0 Å². The quantitative estimate of drug-likeness (QED) is 0.176. The van der Waals surface area contributed by atoms with Crippen LogP contribution in [-0.4, -0.2) is 6.66 Å². The molecule has 0 heterocycles. The van der Waals surface area contributed by atoms with E-state index in [9.17, 15) is 0 Å². The van der Waals surface area contributed by atoms with Crippen LogP contribution in [0.4, 0.5) is 0 Å². The van der Waals surface area contributed by atoms with E-state index in [4.69, 9.17) is 0 Å². The van der Waals surface area contributed by atoms with Gasteiger partial charge in [-0.2, -0.15) is 0 Å². The molecule has 41 heavy (non-hydrogen) atoms. The molecular formula is C39H37SiTi. The fourth-order valence-corrected chi connectivity index (χ4v) is 39.0. The number of benzene rings is 5. The maximum absolute atomic E-state index is 3.75. The van der Waals surface area contributed by atoms with Crippen molar-refractivity contribution < 1.29 is 14.6 Å². The second-order valence-corrected chi connectivity index (χ2v) is 35.8. The minimum absolute atomic E-state index is 0.433. The molecule has 0 aliphatic heterocycles. The summed E-state index contributed by atoms with van der Waals surface area (Å²) in [7, 11) is 0. The second-order valence-electron chi connectivity index (χ2n) is 12.9. The Morgan fingerprint density at radius 3 is 1.80 bits per heavy atom. The van der Waals surface area contributed by atoms with E-state index < -0.39 is 21.2 Å². The van der Waals surface area contributed by atoms with Crippen molar-refractivity contribution in [2.24, 2.45) is 0 Å². The topological polar surface area (TPSA) is 0 Å². The van der Waals surface area contributed by atoms with Crippen LogP contribution in [0.25, 0.3) is 23.3 Å². The molecule has 0 bridgehead atoms. The van der Waals surface area contributed by atoms with Crippen LogP contribution < -0.4 is 10.4 Å². The summed E-state index contributed by atoms with van der Waals surface area (Å²) in [6.07, 6.45) is 7.60. The first kappa shape index (κ1) is 26.4. The van der Waals surface area contributed by atoms with Crippen molar-refractivity contribution in [1.82, 2.24) is 0 Å². The second kappa shape index (κ2) is 10.1. The molecule has 7 rings (SSSR count). The Balaban J connectivity index is 1.54. The molecule has 0 nitrogen and oxygen atoms in total. The number of hydrogen-bond acceptors (Lipinski definition) is 0. The van der Waals surface area contributed by atoms with Crippen molar-refractivity contribution in [3.05, 3.63) is 167 Å². The molecule has 2 atom stereocenters. The van der Waals surface area contributed by atoms with Crippen LogP contribution in [0.1, 0.15) is 37.6 Å².